The molecule has 1 unspecified atom stereocenters. The van der Waals surface area contributed by atoms with Crippen LogP contribution in [-0.4, -0.2) is 20.9 Å². The molecule has 4 rings (SSSR count). The number of halogens is 1. The van der Waals surface area contributed by atoms with Gasteiger partial charge in [-0.2, -0.15) is 4.98 Å². The fraction of sp³-hybridized carbons (Fsp3) is 0.286. The van der Waals surface area contributed by atoms with E-state index in [2.05, 4.69) is 10.1 Å². The van der Waals surface area contributed by atoms with Crippen molar-refractivity contribution >= 4 is 5.91 Å². The second-order valence-corrected chi connectivity index (χ2v) is 6.98. The maximum Gasteiger partial charge on any atom is 0.249 e. The van der Waals surface area contributed by atoms with E-state index in [0.29, 0.717) is 31.1 Å². The smallest absolute Gasteiger partial charge is 0.249 e. The number of aromatic nitrogens is 2. The summed E-state index contributed by atoms with van der Waals surface area (Å²) in [5.41, 5.74) is 3.84. The Balaban J connectivity index is 1.61. The van der Waals surface area contributed by atoms with E-state index >= 15 is 0 Å². The van der Waals surface area contributed by atoms with Crippen molar-refractivity contribution < 1.29 is 13.7 Å². The van der Waals surface area contributed by atoms with Gasteiger partial charge in [-0.25, -0.2) is 4.39 Å². The fourth-order valence-electron chi connectivity index (χ4n) is 3.48. The van der Waals surface area contributed by atoms with Crippen LogP contribution in [0.25, 0.3) is 11.4 Å². The number of carbonyl (C=O) groups excluding carboxylic acids is 1. The number of rotatable bonds is 4. The Morgan fingerprint density at radius 2 is 2.07 bits per heavy atom. The van der Waals surface area contributed by atoms with E-state index in [-0.39, 0.29) is 17.8 Å². The first-order valence-electron chi connectivity index (χ1n) is 8.96. The summed E-state index contributed by atoms with van der Waals surface area (Å²) in [6.07, 6.45) is 1.03. The molecule has 1 aliphatic heterocycles. The van der Waals surface area contributed by atoms with Gasteiger partial charge in [-0.15, -0.1) is 0 Å². The van der Waals surface area contributed by atoms with Gasteiger partial charge in [0.25, 0.3) is 0 Å². The maximum absolute atomic E-state index is 13.5. The van der Waals surface area contributed by atoms with Gasteiger partial charge in [0.15, 0.2) is 0 Å². The van der Waals surface area contributed by atoms with Gasteiger partial charge in [-0.1, -0.05) is 35.0 Å². The Bertz CT molecular complexity index is 999. The van der Waals surface area contributed by atoms with Crippen LogP contribution in [0.1, 0.15) is 41.5 Å². The van der Waals surface area contributed by atoms with Crippen molar-refractivity contribution in [2.24, 2.45) is 0 Å². The minimum absolute atomic E-state index is 0.00995. The molecule has 2 heterocycles. The largest absolute Gasteiger partial charge is 0.337 e. The van der Waals surface area contributed by atoms with Gasteiger partial charge < -0.3 is 9.42 Å². The van der Waals surface area contributed by atoms with E-state index < -0.39 is 0 Å². The first kappa shape index (κ1) is 17.4. The summed E-state index contributed by atoms with van der Waals surface area (Å²) in [5.74, 6) is 0.644. The van der Waals surface area contributed by atoms with Crippen molar-refractivity contribution in [2.45, 2.75) is 39.3 Å². The fourth-order valence-corrected chi connectivity index (χ4v) is 3.48. The quantitative estimate of drug-likeness (QED) is 0.689. The molecule has 0 spiro atoms. The Kier molecular flexibility index (Phi) is 4.48. The third-order valence-electron chi connectivity index (χ3n) is 4.93. The van der Waals surface area contributed by atoms with Crippen LogP contribution in [0.2, 0.25) is 0 Å². The van der Waals surface area contributed by atoms with Crippen LogP contribution in [0.4, 0.5) is 4.39 Å². The monoisotopic (exact) mass is 365 g/mol. The minimum atomic E-state index is -0.314. The molecule has 0 radical (unpaired) electrons. The Hall–Kier alpha value is -3.02. The van der Waals surface area contributed by atoms with Crippen molar-refractivity contribution in [1.29, 1.82) is 0 Å². The highest BCUT2D eigenvalue weighted by Gasteiger charge is 2.36. The average Bonchev–Trinajstić information content (AvgIpc) is 3.25. The molecule has 1 aliphatic rings. The zero-order chi connectivity index (χ0) is 19.0. The van der Waals surface area contributed by atoms with Crippen LogP contribution < -0.4 is 0 Å². The lowest BCUT2D eigenvalue weighted by molar-refractivity contribution is -0.130. The number of aryl methyl sites for hydroxylation is 2. The molecule has 0 N–H and O–H groups in total. The maximum atomic E-state index is 13.5. The number of nitrogens with zero attached hydrogens (tertiary/aromatic N) is 3. The Labute approximate surface area is 156 Å². The zero-order valence-electron chi connectivity index (χ0n) is 15.3. The highest BCUT2D eigenvalue weighted by Crippen LogP contribution is 2.34. The molecule has 138 valence electrons. The van der Waals surface area contributed by atoms with Gasteiger partial charge in [-0.05, 0) is 49.6 Å². The highest BCUT2D eigenvalue weighted by molar-refractivity contribution is 5.78. The summed E-state index contributed by atoms with van der Waals surface area (Å²) in [4.78, 5) is 18.6. The number of benzene rings is 2. The van der Waals surface area contributed by atoms with Crippen molar-refractivity contribution in [3.8, 4) is 11.4 Å². The second kappa shape index (κ2) is 6.95. The number of likely N-dealkylation sites (tertiary alicyclic amines) is 1. The van der Waals surface area contributed by atoms with Crippen LogP contribution in [0.5, 0.6) is 0 Å². The summed E-state index contributed by atoms with van der Waals surface area (Å²) in [6, 6.07) is 12.1. The van der Waals surface area contributed by atoms with Crippen molar-refractivity contribution in [2.75, 3.05) is 0 Å². The summed E-state index contributed by atoms with van der Waals surface area (Å²) in [5, 5.41) is 4.13. The molecular formula is C21H20FN3O2. The average molecular weight is 365 g/mol. The molecule has 3 aromatic rings. The molecule has 2 aromatic carbocycles. The van der Waals surface area contributed by atoms with Crippen LogP contribution in [0.3, 0.4) is 0 Å². The predicted octanol–water partition coefficient (Wildman–Crippen LogP) is 4.36. The van der Waals surface area contributed by atoms with Crippen molar-refractivity contribution in [1.82, 2.24) is 15.0 Å². The number of hydrogen-bond donors (Lipinski definition) is 0. The van der Waals surface area contributed by atoms with Crippen LogP contribution in [0.15, 0.2) is 47.0 Å². The lowest BCUT2D eigenvalue weighted by Gasteiger charge is -2.22. The first-order valence-corrected chi connectivity index (χ1v) is 8.96. The van der Waals surface area contributed by atoms with E-state index in [4.69, 9.17) is 4.52 Å². The minimum Gasteiger partial charge on any atom is -0.337 e. The molecule has 1 atom stereocenters. The molecule has 5 nitrogen and oxygen atoms in total. The van der Waals surface area contributed by atoms with Gasteiger partial charge in [0.05, 0.1) is 0 Å². The lowest BCUT2D eigenvalue weighted by atomic mass is 10.1. The Morgan fingerprint density at radius 3 is 2.89 bits per heavy atom. The van der Waals surface area contributed by atoms with Crippen LogP contribution in [0, 0.1) is 19.7 Å². The summed E-state index contributed by atoms with van der Waals surface area (Å²) < 4.78 is 19.0. The highest BCUT2D eigenvalue weighted by atomic mass is 19.1. The van der Waals surface area contributed by atoms with Crippen molar-refractivity contribution in [3.63, 3.8) is 0 Å². The van der Waals surface area contributed by atoms with E-state index in [1.165, 1.54) is 12.1 Å². The van der Waals surface area contributed by atoms with Crippen molar-refractivity contribution in [3.05, 3.63) is 70.9 Å². The lowest BCUT2D eigenvalue weighted by Crippen LogP contribution is -2.27. The van der Waals surface area contributed by atoms with Gasteiger partial charge in [0.1, 0.15) is 11.9 Å². The van der Waals surface area contributed by atoms with Gasteiger partial charge in [0, 0.05) is 18.5 Å². The Morgan fingerprint density at radius 1 is 1.22 bits per heavy atom. The standard InChI is InChI=1S/C21H20FN3O2/c1-13-6-7-14(2)17(10-13)20-23-21(27-24-20)18-8-9-19(26)25(18)12-15-4-3-5-16(22)11-15/h3-7,10-11,18H,8-9,12H2,1-2H3. The number of amides is 1. The molecule has 0 saturated carbocycles. The molecule has 1 aromatic heterocycles. The van der Waals surface area contributed by atoms with E-state index in [9.17, 15) is 9.18 Å². The second-order valence-electron chi connectivity index (χ2n) is 6.98. The third kappa shape index (κ3) is 3.47. The normalized spacial score (nSPS) is 16.9. The number of carbonyl (C=O) groups is 1. The topological polar surface area (TPSA) is 59.2 Å². The zero-order valence-corrected chi connectivity index (χ0v) is 15.3. The molecule has 6 heteroatoms. The molecule has 0 bridgehead atoms. The van der Waals surface area contributed by atoms with Crippen LogP contribution >= 0.6 is 0 Å². The summed E-state index contributed by atoms with van der Waals surface area (Å²) in [7, 11) is 0. The van der Waals surface area contributed by atoms with E-state index in [0.717, 1.165) is 22.3 Å². The molecule has 0 aliphatic carbocycles. The predicted molar refractivity (Wildman–Crippen MR) is 98.1 cm³/mol. The SMILES string of the molecule is Cc1ccc(C)c(-c2noc(C3CCC(=O)N3Cc3cccc(F)c3)n2)c1. The molecular weight excluding hydrogens is 345 g/mol. The van der Waals surface area contributed by atoms with Crippen LogP contribution in [-0.2, 0) is 11.3 Å². The first-order chi connectivity index (χ1) is 13.0. The van der Waals surface area contributed by atoms with Gasteiger partial charge in [-0.3, -0.25) is 4.79 Å². The molecule has 1 fully saturated rings. The summed E-state index contributed by atoms with van der Waals surface area (Å²) in [6.45, 7) is 4.34. The molecule has 1 saturated heterocycles. The third-order valence-corrected chi connectivity index (χ3v) is 4.93. The summed E-state index contributed by atoms with van der Waals surface area (Å²) >= 11 is 0. The number of hydrogen-bond acceptors (Lipinski definition) is 4. The molecule has 27 heavy (non-hydrogen) atoms. The molecule has 1 amide bonds. The van der Waals surface area contributed by atoms with E-state index in [1.807, 2.05) is 32.0 Å². The van der Waals surface area contributed by atoms with Gasteiger partial charge >= 0.3 is 0 Å². The van der Waals surface area contributed by atoms with Gasteiger partial charge in [0.2, 0.25) is 17.6 Å². The van der Waals surface area contributed by atoms with E-state index in [1.54, 1.807) is 17.0 Å².